The van der Waals surface area contributed by atoms with E-state index in [1.807, 2.05) is 29.2 Å². The number of nitro groups is 1. The van der Waals surface area contributed by atoms with Crippen molar-refractivity contribution >= 4 is 34.8 Å². The number of benzene rings is 2. The molecular weight excluding hydrogens is 408 g/mol. The van der Waals surface area contributed by atoms with Gasteiger partial charge in [0, 0.05) is 43.9 Å². The largest absolute Gasteiger partial charge is 0.336 e. The molecule has 2 amide bonds. The maximum atomic E-state index is 12.6. The molecule has 1 fully saturated rings. The van der Waals surface area contributed by atoms with Gasteiger partial charge in [-0.3, -0.25) is 24.6 Å². The maximum Gasteiger partial charge on any atom is 0.271 e. The molecule has 0 aliphatic carbocycles. The predicted octanol–water partition coefficient (Wildman–Crippen LogP) is 3.21. The summed E-state index contributed by atoms with van der Waals surface area (Å²) in [5.41, 5.74) is 2.06. The number of nitro benzene ring substituents is 1. The van der Waals surface area contributed by atoms with Crippen molar-refractivity contribution in [3.05, 3.63) is 68.7 Å². The number of carbonyl (C=O) groups is 2. The highest BCUT2D eigenvalue weighted by molar-refractivity contribution is 6.34. The first-order chi connectivity index (χ1) is 14.4. The summed E-state index contributed by atoms with van der Waals surface area (Å²) in [4.78, 5) is 38.9. The Bertz CT molecular complexity index is 941. The molecule has 2 aromatic rings. The smallest absolute Gasteiger partial charge is 0.271 e. The zero-order valence-electron chi connectivity index (χ0n) is 16.6. The Morgan fingerprint density at radius 3 is 2.33 bits per heavy atom. The lowest BCUT2D eigenvalue weighted by Gasteiger charge is -2.34. The van der Waals surface area contributed by atoms with Gasteiger partial charge in [-0.1, -0.05) is 30.7 Å². The third kappa shape index (κ3) is 5.34. The minimum Gasteiger partial charge on any atom is -0.336 e. The lowest BCUT2D eigenvalue weighted by Crippen LogP contribution is -2.50. The average molecular weight is 431 g/mol. The summed E-state index contributed by atoms with van der Waals surface area (Å²) >= 11 is 6.01. The van der Waals surface area contributed by atoms with E-state index >= 15 is 0 Å². The van der Waals surface area contributed by atoms with Crippen molar-refractivity contribution in [2.24, 2.45) is 0 Å². The van der Waals surface area contributed by atoms with E-state index in [1.54, 1.807) is 4.90 Å². The van der Waals surface area contributed by atoms with Crippen LogP contribution >= 0.6 is 11.6 Å². The number of hydrogen-bond acceptors (Lipinski definition) is 5. The van der Waals surface area contributed by atoms with Crippen LogP contribution in [0, 0.1) is 10.1 Å². The molecular formula is C21H23ClN4O4. The Hall–Kier alpha value is -2.97. The van der Waals surface area contributed by atoms with E-state index in [1.165, 1.54) is 23.8 Å². The van der Waals surface area contributed by atoms with Gasteiger partial charge in [-0.15, -0.1) is 0 Å². The van der Waals surface area contributed by atoms with Crippen molar-refractivity contribution in [3.63, 3.8) is 0 Å². The number of carbonyl (C=O) groups excluding carboxylic acids is 2. The van der Waals surface area contributed by atoms with Crippen LogP contribution in [0.2, 0.25) is 5.02 Å². The van der Waals surface area contributed by atoms with Crippen LogP contribution in [0.3, 0.4) is 0 Å². The molecule has 1 aliphatic rings. The van der Waals surface area contributed by atoms with Crippen molar-refractivity contribution in [3.8, 4) is 0 Å². The Balaban J connectivity index is 1.49. The topological polar surface area (TPSA) is 95.8 Å². The lowest BCUT2D eigenvalue weighted by molar-refractivity contribution is -0.384. The van der Waals surface area contributed by atoms with E-state index < -0.39 is 4.92 Å². The number of hydrogen-bond donors (Lipinski definition) is 1. The van der Waals surface area contributed by atoms with Crippen LogP contribution < -0.4 is 5.32 Å². The van der Waals surface area contributed by atoms with Gasteiger partial charge in [-0.25, -0.2) is 0 Å². The van der Waals surface area contributed by atoms with E-state index in [-0.39, 0.29) is 29.1 Å². The van der Waals surface area contributed by atoms with Crippen LogP contribution in [0.1, 0.15) is 22.8 Å². The molecule has 1 saturated heterocycles. The third-order valence-corrected chi connectivity index (χ3v) is 5.39. The lowest BCUT2D eigenvalue weighted by atomic mass is 10.1. The summed E-state index contributed by atoms with van der Waals surface area (Å²) < 4.78 is 0. The number of amides is 2. The molecule has 0 radical (unpaired) electrons. The highest BCUT2D eigenvalue weighted by Gasteiger charge is 2.23. The summed E-state index contributed by atoms with van der Waals surface area (Å²) in [6.45, 7) is 4.47. The van der Waals surface area contributed by atoms with Gasteiger partial charge in [0.2, 0.25) is 5.91 Å². The van der Waals surface area contributed by atoms with Crippen LogP contribution in [-0.2, 0) is 11.2 Å². The number of rotatable bonds is 6. The van der Waals surface area contributed by atoms with Gasteiger partial charge in [0.1, 0.15) is 0 Å². The number of anilines is 1. The third-order valence-electron chi connectivity index (χ3n) is 5.07. The number of piperazine rings is 1. The van der Waals surface area contributed by atoms with Gasteiger partial charge >= 0.3 is 0 Å². The Labute approximate surface area is 179 Å². The van der Waals surface area contributed by atoms with Crippen molar-refractivity contribution in [1.29, 1.82) is 0 Å². The van der Waals surface area contributed by atoms with Gasteiger partial charge in [0.25, 0.3) is 11.6 Å². The van der Waals surface area contributed by atoms with Crippen LogP contribution in [0.4, 0.5) is 11.4 Å². The Kier molecular flexibility index (Phi) is 7.02. The molecule has 3 rings (SSSR count). The molecule has 30 heavy (non-hydrogen) atoms. The Morgan fingerprint density at radius 1 is 1.10 bits per heavy atom. The fourth-order valence-corrected chi connectivity index (χ4v) is 3.51. The van der Waals surface area contributed by atoms with Crippen molar-refractivity contribution in [2.75, 3.05) is 38.0 Å². The number of non-ortho nitro benzene ring substituents is 1. The standard InChI is InChI=1S/C21H23ClN4O4/c1-2-15-3-5-16(6-4-15)21(28)25-11-9-24(10-12-25)14-20(27)23-19-8-7-17(26(29)30)13-18(19)22/h3-8,13H,2,9-12,14H2,1H3,(H,23,27). The normalized spacial score (nSPS) is 14.4. The second-order valence-corrected chi connectivity index (χ2v) is 7.50. The first kappa shape index (κ1) is 21.7. The molecule has 9 heteroatoms. The first-order valence-electron chi connectivity index (χ1n) is 9.71. The minimum absolute atomic E-state index is 0.000540. The van der Waals surface area contributed by atoms with Crippen molar-refractivity contribution in [1.82, 2.24) is 9.80 Å². The van der Waals surface area contributed by atoms with Gasteiger partial charge in [0.15, 0.2) is 0 Å². The first-order valence-corrected chi connectivity index (χ1v) is 10.1. The van der Waals surface area contributed by atoms with E-state index in [4.69, 9.17) is 11.6 Å². The molecule has 0 spiro atoms. The molecule has 0 atom stereocenters. The van der Waals surface area contributed by atoms with Crippen LogP contribution in [-0.4, -0.2) is 59.3 Å². The summed E-state index contributed by atoms with van der Waals surface area (Å²) in [5.74, 6) is -0.264. The SMILES string of the molecule is CCc1ccc(C(=O)N2CCN(CC(=O)Nc3ccc([N+](=O)[O-])cc3Cl)CC2)cc1. The molecule has 0 saturated carbocycles. The molecule has 1 heterocycles. The van der Waals surface area contributed by atoms with E-state index in [0.29, 0.717) is 37.4 Å². The average Bonchev–Trinajstić information content (AvgIpc) is 2.75. The van der Waals surface area contributed by atoms with Crippen LogP contribution in [0.5, 0.6) is 0 Å². The molecule has 1 N–H and O–H groups in total. The summed E-state index contributed by atoms with van der Waals surface area (Å²) in [6, 6.07) is 11.6. The summed E-state index contributed by atoms with van der Waals surface area (Å²) in [7, 11) is 0. The molecule has 0 unspecified atom stereocenters. The molecule has 1 aliphatic heterocycles. The number of nitrogens with one attached hydrogen (secondary N) is 1. The predicted molar refractivity (Wildman–Crippen MR) is 115 cm³/mol. The summed E-state index contributed by atoms with van der Waals surface area (Å²) in [5, 5.41) is 13.6. The quantitative estimate of drug-likeness (QED) is 0.560. The number of nitrogens with zero attached hydrogens (tertiary/aromatic N) is 3. The van der Waals surface area contributed by atoms with E-state index in [2.05, 4.69) is 12.2 Å². The van der Waals surface area contributed by atoms with Gasteiger partial charge in [0.05, 0.1) is 22.2 Å². The van der Waals surface area contributed by atoms with Gasteiger partial charge in [-0.05, 0) is 30.2 Å². The van der Waals surface area contributed by atoms with Crippen LogP contribution in [0.15, 0.2) is 42.5 Å². The molecule has 2 aromatic carbocycles. The van der Waals surface area contributed by atoms with Crippen LogP contribution in [0.25, 0.3) is 0 Å². The maximum absolute atomic E-state index is 12.6. The fourth-order valence-electron chi connectivity index (χ4n) is 3.29. The molecule has 0 aromatic heterocycles. The second kappa shape index (κ2) is 9.69. The Morgan fingerprint density at radius 2 is 1.77 bits per heavy atom. The van der Waals surface area contributed by atoms with Crippen molar-refractivity contribution in [2.45, 2.75) is 13.3 Å². The van der Waals surface area contributed by atoms with E-state index in [0.717, 1.165) is 6.42 Å². The fraction of sp³-hybridized carbons (Fsp3) is 0.333. The highest BCUT2D eigenvalue weighted by Crippen LogP contribution is 2.26. The number of aryl methyl sites for hydroxylation is 1. The zero-order valence-corrected chi connectivity index (χ0v) is 17.4. The van der Waals surface area contributed by atoms with E-state index in [9.17, 15) is 19.7 Å². The monoisotopic (exact) mass is 430 g/mol. The molecule has 158 valence electrons. The highest BCUT2D eigenvalue weighted by atomic mass is 35.5. The number of halogens is 1. The van der Waals surface area contributed by atoms with Gasteiger partial charge in [-0.2, -0.15) is 0 Å². The molecule has 0 bridgehead atoms. The second-order valence-electron chi connectivity index (χ2n) is 7.09. The van der Waals surface area contributed by atoms with Gasteiger partial charge < -0.3 is 10.2 Å². The van der Waals surface area contributed by atoms with Crippen molar-refractivity contribution < 1.29 is 14.5 Å². The zero-order chi connectivity index (χ0) is 21.7. The molecule has 8 nitrogen and oxygen atoms in total. The summed E-state index contributed by atoms with van der Waals surface area (Å²) in [6.07, 6.45) is 0.931. The minimum atomic E-state index is -0.545.